The Hall–Kier alpha value is -1.10. The molecular weight excluding hydrogens is 210 g/mol. The smallest absolute Gasteiger partial charge is 0.326 e. The lowest BCUT2D eigenvalue weighted by Crippen LogP contribution is -2.46. The lowest BCUT2D eigenvalue weighted by Gasteiger charge is -2.18. The van der Waals surface area contributed by atoms with Gasteiger partial charge in [0.25, 0.3) is 0 Å². The minimum absolute atomic E-state index is 0.103. The number of carboxylic acid groups (broad SMARTS) is 1. The van der Waals surface area contributed by atoms with Crippen molar-refractivity contribution in [1.29, 1.82) is 0 Å². The quantitative estimate of drug-likeness (QED) is 0.728. The second-order valence-electron chi connectivity index (χ2n) is 4.63. The van der Waals surface area contributed by atoms with Gasteiger partial charge in [-0.1, -0.05) is 0 Å². The number of aliphatic carboxylic acids is 1. The molecule has 90 valence electrons. The van der Waals surface area contributed by atoms with Gasteiger partial charge in [0.15, 0.2) is 0 Å². The summed E-state index contributed by atoms with van der Waals surface area (Å²) in [5.41, 5.74) is 0. The zero-order valence-corrected chi connectivity index (χ0v) is 9.31. The minimum atomic E-state index is -0.928. The summed E-state index contributed by atoms with van der Waals surface area (Å²) in [6, 6.07) is -0.708. The highest BCUT2D eigenvalue weighted by molar-refractivity contribution is 5.85. The Kier molecular flexibility index (Phi) is 3.14. The zero-order chi connectivity index (χ0) is 11.7. The van der Waals surface area contributed by atoms with Crippen LogP contribution in [0.2, 0.25) is 0 Å². The van der Waals surface area contributed by atoms with Gasteiger partial charge in [-0.3, -0.25) is 4.79 Å². The van der Waals surface area contributed by atoms with Crippen molar-refractivity contribution in [3.63, 3.8) is 0 Å². The number of hydrogen-bond acceptors (Lipinski definition) is 3. The fourth-order valence-electron chi connectivity index (χ4n) is 2.15. The maximum Gasteiger partial charge on any atom is 0.326 e. The Morgan fingerprint density at radius 1 is 1.38 bits per heavy atom. The Morgan fingerprint density at radius 3 is 2.50 bits per heavy atom. The van der Waals surface area contributed by atoms with Gasteiger partial charge in [-0.15, -0.1) is 0 Å². The van der Waals surface area contributed by atoms with Crippen LogP contribution in [-0.2, 0) is 14.3 Å². The molecule has 2 aliphatic rings. The average Bonchev–Trinajstić information content (AvgIpc) is 2.96. The summed E-state index contributed by atoms with van der Waals surface area (Å²) in [6.07, 6.45) is 2.38. The highest BCUT2D eigenvalue weighted by atomic mass is 16.5. The predicted molar refractivity (Wildman–Crippen MR) is 55.8 cm³/mol. The molecule has 0 aromatic heterocycles. The number of amides is 1. The van der Waals surface area contributed by atoms with Crippen molar-refractivity contribution in [2.75, 3.05) is 6.61 Å². The number of carbonyl (C=O) groups is 2. The summed E-state index contributed by atoms with van der Waals surface area (Å²) >= 11 is 0. The van der Waals surface area contributed by atoms with Crippen LogP contribution in [0.5, 0.6) is 0 Å². The molecule has 0 radical (unpaired) electrons. The van der Waals surface area contributed by atoms with E-state index in [4.69, 9.17) is 9.84 Å². The highest BCUT2D eigenvalue weighted by Gasteiger charge is 2.40. The zero-order valence-electron chi connectivity index (χ0n) is 9.31. The van der Waals surface area contributed by atoms with Gasteiger partial charge >= 0.3 is 5.97 Å². The van der Waals surface area contributed by atoms with E-state index in [1.165, 1.54) is 0 Å². The molecule has 1 aliphatic heterocycles. The van der Waals surface area contributed by atoms with E-state index in [1.807, 2.05) is 6.92 Å². The van der Waals surface area contributed by atoms with Crippen LogP contribution >= 0.6 is 0 Å². The number of nitrogens with one attached hydrogen (secondary N) is 1. The van der Waals surface area contributed by atoms with Crippen LogP contribution in [0.15, 0.2) is 0 Å². The molecule has 3 unspecified atom stereocenters. The van der Waals surface area contributed by atoms with Crippen LogP contribution in [0.3, 0.4) is 0 Å². The molecule has 5 heteroatoms. The second-order valence-corrected chi connectivity index (χ2v) is 4.63. The van der Waals surface area contributed by atoms with Crippen molar-refractivity contribution in [2.24, 2.45) is 11.8 Å². The molecule has 0 aromatic carbocycles. The van der Waals surface area contributed by atoms with Gasteiger partial charge in [-0.05, 0) is 32.1 Å². The summed E-state index contributed by atoms with van der Waals surface area (Å²) in [4.78, 5) is 22.8. The fourth-order valence-corrected chi connectivity index (χ4v) is 2.15. The molecule has 1 saturated carbocycles. The normalized spacial score (nSPS) is 31.1. The van der Waals surface area contributed by atoms with E-state index in [9.17, 15) is 9.59 Å². The van der Waals surface area contributed by atoms with Crippen LogP contribution in [-0.4, -0.2) is 35.7 Å². The van der Waals surface area contributed by atoms with Gasteiger partial charge in [0.1, 0.15) is 6.04 Å². The van der Waals surface area contributed by atoms with Gasteiger partial charge in [-0.2, -0.15) is 0 Å². The number of carboxylic acids is 1. The van der Waals surface area contributed by atoms with Crippen LogP contribution in [0.25, 0.3) is 0 Å². The van der Waals surface area contributed by atoms with Gasteiger partial charge in [0.05, 0.1) is 12.0 Å². The number of hydrogen-bond donors (Lipinski definition) is 2. The molecule has 1 saturated heterocycles. The monoisotopic (exact) mass is 227 g/mol. The first-order chi connectivity index (χ1) is 7.59. The van der Waals surface area contributed by atoms with Crippen LogP contribution in [0.1, 0.15) is 26.2 Å². The molecule has 3 atom stereocenters. The van der Waals surface area contributed by atoms with Crippen molar-refractivity contribution in [2.45, 2.75) is 38.3 Å². The van der Waals surface area contributed by atoms with Crippen molar-refractivity contribution in [3.8, 4) is 0 Å². The predicted octanol–water partition coefficient (Wildman–Crippen LogP) is 0.391. The van der Waals surface area contributed by atoms with E-state index in [2.05, 4.69) is 5.32 Å². The SMILES string of the molecule is CC1OCCC1C(=O)NC(C(=O)O)C1CC1. The number of rotatable bonds is 4. The van der Waals surface area contributed by atoms with Gasteiger partial charge in [0, 0.05) is 6.61 Å². The third-order valence-electron chi connectivity index (χ3n) is 3.37. The third kappa shape index (κ3) is 2.35. The first kappa shape index (κ1) is 11.4. The summed E-state index contributed by atoms with van der Waals surface area (Å²) in [6.45, 7) is 2.44. The van der Waals surface area contributed by atoms with E-state index in [1.54, 1.807) is 0 Å². The second kappa shape index (κ2) is 4.41. The van der Waals surface area contributed by atoms with Gasteiger partial charge < -0.3 is 15.2 Å². The number of ether oxygens (including phenoxy) is 1. The first-order valence-corrected chi connectivity index (χ1v) is 5.74. The Bertz CT molecular complexity index is 300. The molecule has 1 aliphatic carbocycles. The van der Waals surface area contributed by atoms with Crippen molar-refractivity contribution in [1.82, 2.24) is 5.32 Å². The molecular formula is C11H17NO4. The fraction of sp³-hybridized carbons (Fsp3) is 0.818. The Labute approximate surface area is 94.2 Å². The Balaban J connectivity index is 1.92. The molecule has 2 rings (SSSR count). The van der Waals surface area contributed by atoms with E-state index in [-0.39, 0.29) is 23.8 Å². The van der Waals surface area contributed by atoms with E-state index in [0.717, 1.165) is 12.8 Å². The minimum Gasteiger partial charge on any atom is -0.480 e. The molecule has 0 aromatic rings. The molecule has 0 spiro atoms. The number of carbonyl (C=O) groups excluding carboxylic acids is 1. The molecule has 0 bridgehead atoms. The van der Waals surface area contributed by atoms with Gasteiger partial charge in [0.2, 0.25) is 5.91 Å². The summed E-state index contributed by atoms with van der Waals surface area (Å²) in [7, 11) is 0. The first-order valence-electron chi connectivity index (χ1n) is 5.74. The standard InChI is InChI=1S/C11H17NO4/c1-6-8(4-5-16-6)10(13)12-9(11(14)15)7-2-3-7/h6-9H,2-5H2,1H3,(H,12,13)(H,14,15). The maximum absolute atomic E-state index is 11.8. The van der Waals surface area contributed by atoms with E-state index >= 15 is 0 Å². The lowest BCUT2D eigenvalue weighted by atomic mass is 10.0. The van der Waals surface area contributed by atoms with Gasteiger partial charge in [-0.25, -0.2) is 4.79 Å². The highest BCUT2D eigenvalue weighted by Crippen LogP contribution is 2.33. The summed E-state index contributed by atoms with van der Waals surface area (Å²) in [5.74, 6) is -1.17. The van der Waals surface area contributed by atoms with Crippen LogP contribution in [0, 0.1) is 11.8 Å². The van der Waals surface area contributed by atoms with Crippen molar-refractivity contribution >= 4 is 11.9 Å². The Morgan fingerprint density at radius 2 is 2.06 bits per heavy atom. The topological polar surface area (TPSA) is 75.6 Å². The summed E-state index contributed by atoms with van der Waals surface area (Å²) < 4.78 is 5.30. The van der Waals surface area contributed by atoms with Crippen molar-refractivity contribution < 1.29 is 19.4 Å². The summed E-state index contributed by atoms with van der Waals surface area (Å²) in [5, 5.41) is 11.6. The van der Waals surface area contributed by atoms with Crippen LogP contribution < -0.4 is 5.32 Å². The largest absolute Gasteiger partial charge is 0.480 e. The molecule has 2 fully saturated rings. The molecule has 16 heavy (non-hydrogen) atoms. The molecule has 1 amide bonds. The van der Waals surface area contributed by atoms with E-state index < -0.39 is 12.0 Å². The van der Waals surface area contributed by atoms with Crippen molar-refractivity contribution in [3.05, 3.63) is 0 Å². The molecule has 5 nitrogen and oxygen atoms in total. The third-order valence-corrected chi connectivity index (χ3v) is 3.37. The van der Waals surface area contributed by atoms with E-state index in [0.29, 0.717) is 13.0 Å². The maximum atomic E-state index is 11.8. The molecule has 2 N–H and O–H groups in total. The molecule has 1 heterocycles. The van der Waals surface area contributed by atoms with Crippen LogP contribution in [0.4, 0.5) is 0 Å². The lowest BCUT2D eigenvalue weighted by molar-refractivity contribution is -0.143. The average molecular weight is 227 g/mol.